The van der Waals surface area contributed by atoms with Crippen LogP contribution < -0.4 is 9.62 Å². The van der Waals surface area contributed by atoms with Gasteiger partial charge in [-0.2, -0.15) is 0 Å². The number of nitrogens with one attached hydrogen (secondary N) is 1. The lowest BCUT2D eigenvalue weighted by molar-refractivity contribution is 0.0955. The van der Waals surface area contributed by atoms with Gasteiger partial charge in [0.25, 0.3) is 17.2 Å². The molecule has 0 fully saturated rings. The highest BCUT2D eigenvalue weighted by Gasteiger charge is 2.24. The highest BCUT2D eigenvalue weighted by Crippen LogP contribution is 2.35. The predicted octanol–water partition coefficient (Wildman–Crippen LogP) is 4.67. The van der Waals surface area contributed by atoms with E-state index in [1.807, 2.05) is 0 Å². The van der Waals surface area contributed by atoms with Crippen molar-refractivity contribution in [3.63, 3.8) is 0 Å². The number of halogens is 2. The molecule has 7 nitrogen and oxygen atoms in total. The lowest BCUT2D eigenvalue weighted by atomic mass is 10.1. The van der Waals surface area contributed by atoms with Crippen molar-refractivity contribution in [2.75, 3.05) is 10.8 Å². The Balaban J connectivity index is 1.66. The fourth-order valence-corrected chi connectivity index (χ4v) is 4.17. The summed E-state index contributed by atoms with van der Waals surface area (Å²) in [5, 5.41) is 3.08. The van der Waals surface area contributed by atoms with Crippen LogP contribution in [0.5, 0.6) is 0 Å². The number of para-hydroxylation sites is 1. The first kappa shape index (κ1) is 22.8. The summed E-state index contributed by atoms with van der Waals surface area (Å²) in [4.78, 5) is 21.5. The van der Waals surface area contributed by atoms with Gasteiger partial charge in [-0.25, -0.2) is 12.9 Å². The molecule has 4 rings (SSSR count). The smallest absolute Gasteiger partial charge is 0.266 e. The maximum absolute atomic E-state index is 13.1. The Morgan fingerprint density at radius 2 is 1.82 bits per heavy atom. The van der Waals surface area contributed by atoms with Gasteiger partial charge in [-0.1, -0.05) is 29.8 Å². The molecule has 0 saturated heterocycles. The lowest BCUT2D eigenvalue weighted by Crippen LogP contribution is -2.29. The molecule has 0 aliphatic carbocycles. The maximum Gasteiger partial charge on any atom is 0.266 e. The van der Waals surface area contributed by atoms with Gasteiger partial charge in [0.1, 0.15) is 11.3 Å². The van der Waals surface area contributed by atoms with Gasteiger partial charge < -0.3 is 5.32 Å². The van der Waals surface area contributed by atoms with Crippen LogP contribution in [0.2, 0.25) is 5.02 Å². The molecule has 168 valence electrons. The molecular formula is C23H18ClFN4O3S. The van der Waals surface area contributed by atoms with E-state index in [-0.39, 0.29) is 28.6 Å². The summed E-state index contributed by atoms with van der Waals surface area (Å²) >= 11 is 3.63. The van der Waals surface area contributed by atoms with Gasteiger partial charge in [0.2, 0.25) is 0 Å². The van der Waals surface area contributed by atoms with Crippen molar-refractivity contribution in [2.45, 2.75) is 6.42 Å². The molecule has 0 spiro atoms. The fourth-order valence-electron chi connectivity index (χ4n) is 3.37. The van der Waals surface area contributed by atoms with Gasteiger partial charge in [0, 0.05) is 24.0 Å². The molecule has 33 heavy (non-hydrogen) atoms. The molecule has 0 aliphatic heterocycles. The number of nitrogens with zero attached hydrogens (tertiary/aromatic N) is 3. The van der Waals surface area contributed by atoms with E-state index in [9.17, 15) is 17.9 Å². The van der Waals surface area contributed by atoms with Gasteiger partial charge in [-0.15, -0.1) is 0 Å². The Hall–Kier alpha value is -3.40. The summed E-state index contributed by atoms with van der Waals surface area (Å²) in [5.41, 5.74) is 2.37. The van der Waals surface area contributed by atoms with Crippen LogP contribution in [0.25, 0.3) is 11.0 Å². The molecule has 1 heterocycles. The van der Waals surface area contributed by atoms with Crippen LogP contribution in [0.15, 0.2) is 73.1 Å². The Kier molecular flexibility index (Phi) is 6.93. The van der Waals surface area contributed by atoms with E-state index >= 15 is 0 Å². The number of carbonyl (C=O) groups is 1. The molecule has 0 saturated carbocycles. The maximum atomic E-state index is 13.1. The van der Waals surface area contributed by atoms with Gasteiger partial charge in [0.15, 0.2) is 0 Å². The molecule has 1 unspecified atom stereocenters. The minimum Gasteiger partial charge on any atom is -0.352 e. The molecule has 1 aromatic heterocycles. The molecular weight excluding hydrogens is 467 g/mol. The van der Waals surface area contributed by atoms with Gasteiger partial charge in [-0.05, 0) is 54.4 Å². The zero-order valence-electron chi connectivity index (χ0n) is 17.1. The molecule has 3 aromatic carbocycles. The number of amides is 1. The molecule has 0 bridgehead atoms. The fraction of sp³-hybridized carbons (Fsp3) is 0.0870. The van der Waals surface area contributed by atoms with Crippen LogP contribution in [-0.2, 0) is 17.7 Å². The van der Waals surface area contributed by atoms with Crippen molar-refractivity contribution in [1.29, 1.82) is 0 Å². The predicted molar refractivity (Wildman–Crippen MR) is 126 cm³/mol. The van der Waals surface area contributed by atoms with E-state index in [0.717, 1.165) is 9.87 Å². The van der Waals surface area contributed by atoms with Crippen LogP contribution in [0.3, 0.4) is 0 Å². The zero-order valence-corrected chi connectivity index (χ0v) is 18.7. The van der Waals surface area contributed by atoms with E-state index in [2.05, 4.69) is 15.3 Å². The minimum absolute atomic E-state index is 0.140. The van der Waals surface area contributed by atoms with Crippen LogP contribution in [0.4, 0.5) is 15.8 Å². The largest absolute Gasteiger partial charge is 0.352 e. The first-order chi connectivity index (χ1) is 15.9. The second-order valence-electron chi connectivity index (χ2n) is 7.02. The van der Waals surface area contributed by atoms with E-state index in [1.54, 1.807) is 30.3 Å². The summed E-state index contributed by atoms with van der Waals surface area (Å²) in [6.45, 7) is 0.286. The number of anilines is 2. The Morgan fingerprint density at radius 1 is 1.06 bits per heavy atom. The third-order valence-electron chi connectivity index (χ3n) is 4.89. The second-order valence-corrected chi connectivity index (χ2v) is 8.28. The average Bonchev–Trinajstić information content (AvgIpc) is 2.80. The van der Waals surface area contributed by atoms with Crippen molar-refractivity contribution >= 4 is 51.2 Å². The third kappa shape index (κ3) is 5.16. The first-order valence-electron chi connectivity index (χ1n) is 9.87. The molecule has 0 radical (unpaired) electrons. The van der Waals surface area contributed by atoms with Crippen molar-refractivity contribution in [3.05, 3.63) is 95.0 Å². The SMILES string of the molecule is O=C(NCCc1ccc(F)cc1)c1ccc(Cl)cc1N(c1cccc2nccnc12)S(=O)O. The van der Waals surface area contributed by atoms with Crippen molar-refractivity contribution in [2.24, 2.45) is 0 Å². The lowest BCUT2D eigenvalue weighted by Gasteiger charge is -2.23. The Bertz CT molecular complexity index is 1330. The van der Waals surface area contributed by atoms with Gasteiger partial charge in [0.05, 0.1) is 22.5 Å². The van der Waals surface area contributed by atoms with Crippen molar-refractivity contribution < 1.29 is 17.9 Å². The summed E-state index contributed by atoms with van der Waals surface area (Å²) in [7, 11) is 0. The van der Waals surface area contributed by atoms with Crippen molar-refractivity contribution in [3.8, 4) is 0 Å². The third-order valence-corrected chi connectivity index (χ3v) is 5.83. The highest BCUT2D eigenvalue weighted by atomic mass is 35.5. The topological polar surface area (TPSA) is 95.4 Å². The van der Waals surface area contributed by atoms with Gasteiger partial charge in [-0.3, -0.25) is 19.3 Å². The molecule has 4 aromatic rings. The first-order valence-corrected chi connectivity index (χ1v) is 11.3. The minimum atomic E-state index is -2.54. The number of aromatic nitrogens is 2. The van der Waals surface area contributed by atoms with E-state index < -0.39 is 17.2 Å². The van der Waals surface area contributed by atoms with Crippen LogP contribution in [0.1, 0.15) is 15.9 Å². The number of benzene rings is 3. The summed E-state index contributed by atoms with van der Waals surface area (Å²) in [6.07, 6.45) is 3.49. The molecule has 0 aliphatic rings. The normalized spacial score (nSPS) is 11.8. The number of hydrogen-bond donors (Lipinski definition) is 2. The zero-order chi connectivity index (χ0) is 23.4. The van der Waals surface area contributed by atoms with Crippen LogP contribution in [-0.4, -0.2) is 31.2 Å². The Morgan fingerprint density at radius 3 is 2.58 bits per heavy atom. The summed E-state index contributed by atoms with van der Waals surface area (Å²) in [6, 6.07) is 15.5. The molecule has 1 amide bonds. The molecule has 2 N–H and O–H groups in total. The second kappa shape index (κ2) is 10.0. The van der Waals surface area contributed by atoms with Crippen LogP contribution in [0, 0.1) is 5.82 Å². The summed E-state index contributed by atoms with van der Waals surface area (Å²) in [5.74, 6) is -0.783. The average molecular weight is 485 g/mol. The quantitative estimate of drug-likeness (QED) is 0.372. The number of rotatable bonds is 7. The van der Waals surface area contributed by atoms with E-state index in [1.165, 1.54) is 42.7 Å². The van der Waals surface area contributed by atoms with E-state index in [4.69, 9.17) is 11.6 Å². The van der Waals surface area contributed by atoms with E-state index in [0.29, 0.717) is 23.1 Å². The standard InChI is InChI=1S/C23H18ClFN4O3S/c24-16-6-9-18(23(30)28-11-10-15-4-7-17(25)8-5-15)21(14-16)29(33(31)32)20-3-1-2-19-22(20)27-13-12-26-19/h1-9,12-14H,10-11H2,(H,28,30)(H,31,32). The molecule has 1 atom stereocenters. The molecule has 10 heteroatoms. The van der Waals surface area contributed by atoms with Gasteiger partial charge >= 0.3 is 0 Å². The van der Waals surface area contributed by atoms with Crippen LogP contribution >= 0.6 is 11.6 Å². The van der Waals surface area contributed by atoms with Crippen molar-refractivity contribution in [1.82, 2.24) is 15.3 Å². The number of hydrogen-bond acceptors (Lipinski definition) is 4. The Labute approximate surface area is 196 Å². The highest BCUT2D eigenvalue weighted by molar-refractivity contribution is 7.81. The number of fused-ring (bicyclic) bond motifs is 1. The summed E-state index contributed by atoms with van der Waals surface area (Å²) < 4.78 is 36.8. The monoisotopic (exact) mass is 484 g/mol. The number of carbonyl (C=O) groups excluding carboxylic acids is 1.